The second kappa shape index (κ2) is 4.22. The molecule has 0 aliphatic heterocycles. The highest BCUT2D eigenvalue weighted by Gasteiger charge is 2.04. The smallest absolute Gasteiger partial charge is 0.126 e. The van der Waals surface area contributed by atoms with E-state index in [2.05, 4.69) is 24.3 Å². The zero-order chi connectivity index (χ0) is 12.5. The molecule has 0 atom stereocenters. The van der Waals surface area contributed by atoms with Gasteiger partial charge in [0.2, 0.25) is 0 Å². The monoisotopic (exact) mass is 238 g/mol. The van der Waals surface area contributed by atoms with Gasteiger partial charge < -0.3 is 9.47 Å². The van der Waals surface area contributed by atoms with Gasteiger partial charge >= 0.3 is 0 Å². The highest BCUT2D eigenvalue weighted by molar-refractivity contribution is 6.01. The molecule has 90 valence electrons. The largest absolute Gasteiger partial charge is 0.497 e. The molecule has 0 bridgehead atoms. The second-order valence-corrected chi connectivity index (χ2v) is 4.25. The number of methoxy groups -OCH3 is 2. The average molecular weight is 238 g/mol. The number of hydrogen-bond donors (Lipinski definition) is 0. The fourth-order valence-electron chi connectivity index (χ4n) is 2.28. The Morgan fingerprint density at radius 3 is 2.39 bits per heavy atom. The quantitative estimate of drug-likeness (QED) is 0.628. The van der Waals surface area contributed by atoms with Crippen LogP contribution in [0.2, 0.25) is 0 Å². The van der Waals surface area contributed by atoms with Crippen LogP contribution in [0.5, 0.6) is 11.5 Å². The molecule has 3 aromatic carbocycles. The van der Waals surface area contributed by atoms with E-state index in [4.69, 9.17) is 9.47 Å². The fraction of sp³-hybridized carbons (Fsp3) is 0.125. The molecule has 0 radical (unpaired) electrons. The van der Waals surface area contributed by atoms with Crippen LogP contribution in [0.3, 0.4) is 0 Å². The SMILES string of the molecule is COc1ccc2cc3cccc(OC)c3cc2c1. The molecule has 2 heteroatoms. The summed E-state index contributed by atoms with van der Waals surface area (Å²) in [5, 5.41) is 4.68. The van der Waals surface area contributed by atoms with Crippen molar-refractivity contribution in [3.8, 4) is 11.5 Å². The van der Waals surface area contributed by atoms with Crippen molar-refractivity contribution in [3.05, 3.63) is 48.5 Å². The molecular formula is C16H14O2. The summed E-state index contributed by atoms with van der Waals surface area (Å²) >= 11 is 0. The lowest BCUT2D eigenvalue weighted by Gasteiger charge is -2.08. The molecule has 0 aromatic heterocycles. The van der Waals surface area contributed by atoms with Gasteiger partial charge in [0.15, 0.2) is 0 Å². The molecule has 0 saturated heterocycles. The lowest BCUT2D eigenvalue weighted by atomic mass is 10.0. The first kappa shape index (κ1) is 10.9. The Kier molecular flexibility index (Phi) is 2.56. The van der Waals surface area contributed by atoms with Gasteiger partial charge in [0.05, 0.1) is 14.2 Å². The van der Waals surface area contributed by atoms with Gasteiger partial charge in [-0.05, 0) is 46.5 Å². The van der Waals surface area contributed by atoms with Gasteiger partial charge in [-0.2, -0.15) is 0 Å². The molecular weight excluding hydrogens is 224 g/mol. The summed E-state index contributed by atoms with van der Waals surface area (Å²) in [4.78, 5) is 0. The van der Waals surface area contributed by atoms with Crippen molar-refractivity contribution in [3.63, 3.8) is 0 Å². The van der Waals surface area contributed by atoms with Crippen LogP contribution in [0, 0.1) is 0 Å². The van der Waals surface area contributed by atoms with Gasteiger partial charge in [-0.3, -0.25) is 0 Å². The summed E-state index contributed by atoms with van der Waals surface area (Å²) in [6.07, 6.45) is 0. The standard InChI is InChI=1S/C16H14O2/c1-17-14-7-6-11-8-12-4-3-5-16(18-2)15(12)10-13(11)9-14/h3-10H,1-2H3. The molecule has 18 heavy (non-hydrogen) atoms. The van der Waals surface area contributed by atoms with Crippen LogP contribution < -0.4 is 9.47 Å². The zero-order valence-electron chi connectivity index (χ0n) is 10.4. The lowest BCUT2D eigenvalue weighted by molar-refractivity contribution is 0.415. The molecule has 0 aliphatic carbocycles. The molecule has 3 aromatic rings. The first-order chi connectivity index (χ1) is 8.81. The maximum atomic E-state index is 5.40. The van der Waals surface area contributed by atoms with Crippen molar-refractivity contribution < 1.29 is 9.47 Å². The minimum absolute atomic E-state index is 0.872. The zero-order valence-corrected chi connectivity index (χ0v) is 10.4. The molecule has 3 rings (SSSR count). The maximum absolute atomic E-state index is 5.40. The minimum Gasteiger partial charge on any atom is -0.497 e. The Bertz CT molecular complexity index is 717. The second-order valence-electron chi connectivity index (χ2n) is 4.25. The van der Waals surface area contributed by atoms with Crippen molar-refractivity contribution in [2.45, 2.75) is 0 Å². The Balaban J connectivity index is 2.36. The van der Waals surface area contributed by atoms with Crippen molar-refractivity contribution in [2.24, 2.45) is 0 Å². The van der Waals surface area contributed by atoms with E-state index in [-0.39, 0.29) is 0 Å². The van der Waals surface area contributed by atoms with Crippen molar-refractivity contribution in [1.82, 2.24) is 0 Å². The first-order valence-corrected chi connectivity index (χ1v) is 5.86. The van der Waals surface area contributed by atoms with Crippen LogP contribution in [0.25, 0.3) is 21.5 Å². The third-order valence-corrected chi connectivity index (χ3v) is 3.22. The van der Waals surface area contributed by atoms with E-state index in [1.54, 1.807) is 14.2 Å². The third kappa shape index (κ3) is 1.66. The Labute approximate surface area is 106 Å². The lowest BCUT2D eigenvalue weighted by Crippen LogP contribution is -1.86. The van der Waals surface area contributed by atoms with Crippen LogP contribution in [0.4, 0.5) is 0 Å². The van der Waals surface area contributed by atoms with E-state index in [0.717, 1.165) is 22.3 Å². The molecule has 0 spiro atoms. The van der Waals surface area contributed by atoms with Crippen molar-refractivity contribution >= 4 is 21.5 Å². The Morgan fingerprint density at radius 1 is 0.722 bits per heavy atom. The van der Waals surface area contributed by atoms with Crippen LogP contribution >= 0.6 is 0 Å². The number of hydrogen-bond acceptors (Lipinski definition) is 2. The van der Waals surface area contributed by atoms with Gasteiger partial charge in [-0.1, -0.05) is 18.2 Å². The first-order valence-electron chi connectivity index (χ1n) is 5.86. The fourth-order valence-corrected chi connectivity index (χ4v) is 2.28. The number of benzene rings is 3. The molecule has 2 nitrogen and oxygen atoms in total. The third-order valence-electron chi connectivity index (χ3n) is 3.22. The summed E-state index contributed by atoms with van der Waals surface area (Å²) < 4.78 is 10.7. The maximum Gasteiger partial charge on any atom is 0.126 e. The van der Waals surface area contributed by atoms with E-state index in [1.807, 2.05) is 24.3 Å². The summed E-state index contributed by atoms with van der Waals surface area (Å²) in [7, 11) is 3.38. The number of ether oxygens (including phenoxy) is 2. The van der Waals surface area contributed by atoms with Crippen LogP contribution in [-0.4, -0.2) is 14.2 Å². The van der Waals surface area contributed by atoms with Gasteiger partial charge in [0, 0.05) is 5.39 Å². The van der Waals surface area contributed by atoms with E-state index in [1.165, 1.54) is 10.8 Å². The van der Waals surface area contributed by atoms with Crippen molar-refractivity contribution in [1.29, 1.82) is 0 Å². The Hall–Kier alpha value is -2.22. The topological polar surface area (TPSA) is 18.5 Å². The molecule has 0 aliphatic rings. The van der Waals surface area contributed by atoms with Crippen LogP contribution in [0.15, 0.2) is 48.5 Å². The predicted molar refractivity (Wildman–Crippen MR) is 74.6 cm³/mol. The number of rotatable bonds is 2. The van der Waals surface area contributed by atoms with Gasteiger partial charge in [0.25, 0.3) is 0 Å². The highest BCUT2D eigenvalue weighted by Crippen LogP contribution is 2.31. The molecule has 0 saturated carbocycles. The normalized spacial score (nSPS) is 10.8. The van der Waals surface area contributed by atoms with Crippen molar-refractivity contribution in [2.75, 3.05) is 14.2 Å². The van der Waals surface area contributed by atoms with Gasteiger partial charge in [-0.15, -0.1) is 0 Å². The summed E-state index contributed by atoms with van der Waals surface area (Å²) in [6.45, 7) is 0. The average Bonchev–Trinajstić information content (AvgIpc) is 2.43. The summed E-state index contributed by atoms with van der Waals surface area (Å²) in [6, 6.07) is 16.5. The van der Waals surface area contributed by atoms with Gasteiger partial charge in [-0.25, -0.2) is 0 Å². The highest BCUT2D eigenvalue weighted by atomic mass is 16.5. The molecule has 0 unspecified atom stereocenters. The Morgan fingerprint density at radius 2 is 1.61 bits per heavy atom. The molecule has 0 amide bonds. The van der Waals surface area contributed by atoms with Gasteiger partial charge in [0.1, 0.15) is 11.5 Å². The van der Waals surface area contributed by atoms with E-state index < -0.39 is 0 Å². The van der Waals surface area contributed by atoms with E-state index in [9.17, 15) is 0 Å². The summed E-state index contributed by atoms with van der Waals surface area (Å²) in [5.74, 6) is 1.77. The van der Waals surface area contributed by atoms with E-state index >= 15 is 0 Å². The van der Waals surface area contributed by atoms with Crippen LogP contribution in [-0.2, 0) is 0 Å². The molecule has 0 fully saturated rings. The van der Waals surface area contributed by atoms with Crippen LogP contribution in [0.1, 0.15) is 0 Å². The van der Waals surface area contributed by atoms with E-state index in [0.29, 0.717) is 0 Å². The predicted octanol–water partition coefficient (Wildman–Crippen LogP) is 4.01. The summed E-state index contributed by atoms with van der Waals surface area (Å²) in [5.41, 5.74) is 0. The number of fused-ring (bicyclic) bond motifs is 2. The molecule has 0 N–H and O–H groups in total. The molecule has 0 heterocycles. The minimum atomic E-state index is 0.872.